The zero-order valence-electron chi connectivity index (χ0n) is 9.09. The van der Waals surface area contributed by atoms with E-state index in [1.165, 1.54) is 0 Å². The molecular weight excluding hydrogens is 193 g/mol. The molecule has 1 heterocycles. The van der Waals surface area contributed by atoms with Crippen molar-refractivity contribution in [3.05, 3.63) is 12.2 Å². The zero-order valence-corrected chi connectivity index (χ0v) is 9.09. The molecule has 2 aliphatic rings. The van der Waals surface area contributed by atoms with Crippen LogP contribution in [0, 0.1) is 5.92 Å². The maximum Gasteiger partial charge on any atom is 0.377 e. The van der Waals surface area contributed by atoms with E-state index in [0.29, 0.717) is 6.61 Å². The lowest BCUT2D eigenvalue weighted by Gasteiger charge is -2.31. The summed E-state index contributed by atoms with van der Waals surface area (Å²) in [5.74, 6) is -0.00102. The minimum absolute atomic E-state index is 0.199. The second kappa shape index (κ2) is 3.98. The highest BCUT2D eigenvalue weighted by atomic mass is 16.5. The zero-order chi connectivity index (χ0) is 11.0. The van der Waals surface area contributed by atoms with Gasteiger partial charge in [-0.3, -0.25) is 9.61 Å². The molecule has 3 atom stereocenters. The van der Waals surface area contributed by atoms with Crippen LogP contribution in [0.3, 0.4) is 0 Å². The predicted octanol–water partition coefficient (Wildman–Crippen LogP) is 0.289. The molecular formula is C10H16BNO3. The molecule has 0 aromatic rings. The molecule has 2 bridgehead atoms. The maximum atomic E-state index is 11.7. The van der Waals surface area contributed by atoms with Crippen molar-refractivity contribution in [1.29, 1.82) is 0 Å². The molecule has 5 heteroatoms. The summed E-state index contributed by atoms with van der Waals surface area (Å²) in [7, 11) is -0.598. The first kappa shape index (κ1) is 10.7. The molecule has 1 N–H and O–H groups in total. The largest absolute Gasteiger partial charge is 0.465 e. The van der Waals surface area contributed by atoms with Gasteiger partial charge < -0.3 is 9.76 Å². The van der Waals surface area contributed by atoms with Crippen LogP contribution in [0.15, 0.2) is 12.2 Å². The molecule has 0 saturated carbocycles. The molecule has 1 aliphatic carbocycles. The van der Waals surface area contributed by atoms with Gasteiger partial charge in [-0.15, -0.1) is 0 Å². The Morgan fingerprint density at radius 1 is 1.67 bits per heavy atom. The molecule has 4 nitrogen and oxygen atoms in total. The first-order valence-corrected chi connectivity index (χ1v) is 5.45. The van der Waals surface area contributed by atoms with Crippen molar-refractivity contribution in [1.82, 2.24) is 4.81 Å². The molecule has 0 amide bonds. The second-order valence-electron chi connectivity index (χ2n) is 4.13. The highest BCUT2D eigenvalue weighted by Crippen LogP contribution is 2.38. The summed E-state index contributed by atoms with van der Waals surface area (Å²) in [6.45, 7) is 3.89. The number of hydrogen-bond acceptors (Lipinski definition) is 4. The highest BCUT2D eigenvalue weighted by molar-refractivity contribution is 6.46. The fraction of sp³-hybridized carbons (Fsp3) is 0.700. The van der Waals surface area contributed by atoms with Crippen molar-refractivity contribution >= 4 is 13.0 Å². The van der Waals surface area contributed by atoms with Crippen molar-refractivity contribution in [3.63, 3.8) is 0 Å². The monoisotopic (exact) mass is 209 g/mol. The Bertz CT molecular complexity index is 292. The van der Waals surface area contributed by atoms with Crippen LogP contribution in [0.2, 0.25) is 6.82 Å². The number of carbonyl (C=O) groups excluding carboxylic acids is 1. The first-order valence-electron chi connectivity index (χ1n) is 5.45. The third kappa shape index (κ3) is 1.70. The first-order chi connectivity index (χ1) is 7.15. The van der Waals surface area contributed by atoms with Crippen LogP contribution in [-0.4, -0.2) is 41.5 Å². The van der Waals surface area contributed by atoms with Gasteiger partial charge in [0.15, 0.2) is 0 Å². The van der Waals surface area contributed by atoms with Gasteiger partial charge in [0, 0.05) is 12.0 Å². The minimum atomic E-state index is -0.598. The van der Waals surface area contributed by atoms with Gasteiger partial charge >= 0.3 is 13.0 Å². The van der Waals surface area contributed by atoms with Crippen molar-refractivity contribution < 1.29 is 14.6 Å². The summed E-state index contributed by atoms with van der Waals surface area (Å²) in [4.78, 5) is 13.6. The minimum Gasteiger partial charge on any atom is -0.465 e. The van der Waals surface area contributed by atoms with Gasteiger partial charge in [-0.25, -0.2) is 0 Å². The van der Waals surface area contributed by atoms with Crippen molar-refractivity contribution in [2.45, 2.75) is 32.3 Å². The Hall–Kier alpha value is -0.805. The van der Waals surface area contributed by atoms with E-state index in [1.807, 2.05) is 4.81 Å². The van der Waals surface area contributed by atoms with E-state index in [0.717, 1.165) is 6.42 Å². The van der Waals surface area contributed by atoms with E-state index in [4.69, 9.17) is 4.74 Å². The lowest BCUT2D eigenvalue weighted by Crippen LogP contribution is -2.51. The van der Waals surface area contributed by atoms with Crippen molar-refractivity contribution in [2.75, 3.05) is 6.61 Å². The van der Waals surface area contributed by atoms with E-state index in [9.17, 15) is 9.82 Å². The van der Waals surface area contributed by atoms with Gasteiger partial charge in [0.05, 0.1) is 6.61 Å². The van der Waals surface area contributed by atoms with E-state index < -0.39 is 7.05 Å². The van der Waals surface area contributed by atoms with Crippen LogP contribution < -0.4 is 0 Å². The topological polar surface area (TPSA) is 49.8 Å². The molecule has 82 valence electrons. The summed E-state index contributed by atoms with van der Waals surface area (Å²) >= 11 is 0. The van der Waals surface area contributed by atoms with E-state index >= 15 is 0 Å². The van der Waals surface area contributed by atoms with Gasteiger partial charge in [-0.2, -0.15) is 0 Å². The molecule has 1 fully saturated rings. The van der Waals surface area contributed by atoms with E-state index in [1.54, 1.807) is 13.7 Å². The van der Waals surface area contributed by atoms with Crippen molar-refractivity contribution in [2.24, 2.45) is 5.92 Å². The van der Waals surface area contributed by atoms with E-state index in [2.05, 4.69) is 12.2 Å². The van der Waals surface area contributed by atoms with Crippen LogP contribution in [-0.2, 0) is 9.53 Å². The molecule has 1 aliphatic heterocycles. The van der Waals surface area contributed by atoms with Gasteiger partial charge in [0.25, 0.3) is 0 Å². The summed E-state index contributed by atoms with van der Waals surface area (Å²) in [5.41, 5.74) is 0. The van der Waals surface area contributed by atoms with Gasteiger partial charge in [-0.1, -0.05) is 12.2 Å². The molecule has 0 radical (unpaired) electrons. The lowest BCUT2D eigenvalue weighted by atomic mass is 9.81. The standard InChI is InChI=1S/C10H16BNO3/c1-3-15-10(13)9-7-4-5-8(6-7)12(9)11(2)14/h4-5,7-9,14H,3,6H2,1-2H3. The summed E-state index contributed by atoms with van der Waals surface area (Å²) in [5, 5.41) is 9.65. The Morgan fingerprint density at radius 3 is 3.00 bits per heavy atom. The number of rotatable bonds is 3. The van der Waals surface area contributed by atoms with Gasteiger partial charge in [-0.05, 0) is 20.2 Å². The molecule has 15 heavy (non-hydrogen) atoms. The second-order valence-corrected chi connectivity index (χ2v) is 4.13. The molecule has 0 aromatic carbocycles. The SMILES string of the molecule is CCOC(=O)C1C2C=CC(C2)N1B(C)O. The Labute approximate surface area is 90.0 Å². The van der Waals surface area contributed by atoms with Crippen LogP contribution in [0.4, 0.5) is 0 Å². The molecule has 3 unspecified atom stereocenters. The van der Waals surface area contributed by atoms with Gasteiger partial charge in [0.2, 0.25) is 0 Å². The molecule has 0 spiro atoms. The average molecular weight is 209 g/mol. The fourth-order valence-corrected chi connectivity index (χ4v) is 2.62. The third-order valence-corrected chi connectivity index (χ3v) is 3.16. The predicted molar refractivity (Wildman–Crippen MR) is 57.1 cm³/mol. The third-order valence-electron chi connectivity index (χ3n) is 3.16. The maximum absolute atomic E-state index is 11.7. The number of carbonyl (C=O) groups is 1. The Kier molecular flexibility index (Phi) is 2.84. The van der Waals surface area contributed by atoms with Crippen LogP contribution in [0.25, 0.3) is 0 Å². The quantitative estimate of drug-likeness (QED) is 0.412. The van der Waals surface area contributed by atoms with Crippen LogP contribution in [0.1, 0.15) is 13.3 Å². The van der Waals surface area contributed by atoms with Crippen LogP contribution >= 0.6 is 0 Å². The number of fused-ring (bicyclic) bond motifs is 2. The lowest BCUT2D eigenvalue weighted by molar-refractivity contribution is -0.148. The average Bonchev–Trinajstić information content (AvgIpc) is 2.76. The highest BCUT2D eigenvalue weighted by Gasteiger charge is 2.49. The summed E-state index contributed by atoms with van der Waals surface area (Å²) < 4.78 is 5.03. The number of ether oxygens (including phenoxy) is 1. The van der Waals surface area contributed by atoms with Crippen LogP contribution in [0.5, 0.6) is 0 Å². The van der Waals surface area contributed by atoms with Gasteiger partial charge in [0.1, 0.15) is 6.04 Å². The molecule has 1 saturated heterocycles. The summed E-state index contributed by atoms with van der Waals surface area (Å²) in [6, 6.07) is -0.0932. The fourth-order valence-electron chi connectivity index (χ4n) is 2.62. The number of esters is 1. The Balaban J connectivity index is 2.15. The van der Waals surface area contributed by atoms with Crippen molar-refractivity contribution in [3.8, 4) is 0 Å². The Morgan fingerprint density at radius 2 is 2.40 bits per heavy atom. The normalized spacial score (nSPS) is 33.4. The summed E-state index contributed by atoms with van der Waals surface area (Å²) in [6.07, 6.45) is 5.05. The van der Waals surface area contributed by atoms with E-state index in [-0.39, 0.29) is 24.0 Å². The molecule has 2 rings (SSSR count). The number of nitrogens with zero attached hydrogens (tertiary/aromatic N) is 1. The number of hydrogen-bond donors (Lipinski definition) is 1. The smallest absolute Gasteiger partial charge is 0.377 e. The molecule has 0 aromatic heterocycles.